The van der Waals surface area contributed by atoms with E-state index in [0.29, 0.717) is 23.5 Å². The molecule has 9 heteroatoms. The summed E-state index contributed by atoms with van der Waals surface area (Å²) in [7, 11) is 0. The monoisotopic (exact) mass is 403 g/mol. The molecule has 3 N–H and O–H groups in total. The van der Waals surface area contributed by atoms with Gasteiger partial charge in [0, 0.05) is 24.4 Å². The number of nitrogens with one attached hydrogen (secondary N) is 2. The first-order valence-corrected chi connectivity index (χ1v) is 8.97. The normalized spacial score (nSPS) is 12.1. The summed E-state index contributed by atoms with van der Waals surface area (Å²) in [5.41, 5.74) is 0.380. The summed E-state index contributed by atoms with van der Waals surface area (Å²) in [5.74, 6) is -2.91. The predicted octanol–water partition coefficient (Wildman–Crippen LogP) is 4.13. The smallest absolute Gasteiger partial charge is 0.225 e. The van der Waals surface area contributed by atoms with Gasteiger partial charge in [-0.1, -0.05) is 19.9 Å². The molecule has 0 bridgehead atoms. The number of benzene rings is 1. The third-order valence-corrected chi connectivity index (χ3v) is 4.23. The van der Waals surface area contributed by atoms with Gasteiger partial charge >= 0.3 is 0 Å². The van der Waals surface area contributed by atoms with Crippen LogP contribution in [0.5, 0.6) is 0 Å². The summed E-state index contributed by atoms with van der Waals surface area (Å²) in [6.07, 6.45) is 1.58. The van der Waals surface area contributed by atoms with Crippen LogP contribution in [0.15, 0.2) is 42.6 Å². The van der Waals surface area contributed by atoms with E-state index in [1.807, 2.05) is 13.8 Å². The van der Waals surface area contributed by atoms with E-state index in [1.165, 1.54) is 6.07 Å². The average molecular weight is 403 g/mol. The molecule has 0 fully saturated rings. The molecule has 0 saturated carbocycles. The van der Waals surface area contributed by atoms with Gasteiger partial charge in [-0.25, -0.2) is 18.2 Å². The molecule has 2 aromatic heterocycles. The number of aliphatic hydroxyl groups is 1. The van der Waals surface area contributed by atoms with Crippen molar-refractivity contribution in [3.05, 3.63) is 60.0 Å². The van der Waals surface area contributed by atoms with Gasteiger partial charge in [-0.2, -0.15) is 4.98 Å². The topological polar surface area (TPSA) is 83.0 Å². The Morgan fingerprint density at radius 3 is 2.31 bits per heavy atom. The molecule has 0 aliphatic carbocycles. The molecule has 0 unspecified atom stereocenters. The molecule has 0 aliphatic heterocycles. The summed E-state index contributed by atoms with van der Waals surface area (Å²) in [6, 6.07) is 7.53. The van der Waals surface area contributed by atoms with Gasteiger partial charge in [-0.05, 0) is 18.1 Å². The fourth-order valence-electron chi connectivity index (χ4n) is 2.60. The number of pyridine rings is 1. The first-order valence-electron chi connectivity index (χ1n) is 8.97. The van der Waals surface area contributed by atoms with Gasteiger partial charge in [0.1, 0.15) is 17.3 Å². The lowest BCUT2D eigenvalue weighted by Gasteiger charge is -2.20. The van der Waals surface area contributed by atoms with E-state index in [-0.39, 0.29) is 30.3 Å². The van der Waals surface area contributed by atoms with Crippen LogP contribution in [-0.2, 0) is 0 Å². The SMILES string of the molecule is CC(C)[C@H](CO)Nc1nc(Nc2c(F)cc(F)cc2F)cc(-c2ccccn2)n1. The van der Waals surface area contributed by atoms with E-state index in [2.05, 4.69) is 25.6 Å². The molecule has 3 rings (SSSR count). The lowest BCUT2D eigenvalue weighted by Crippen LogP contribution is -2.30. The molecule has 29 heavy (non-hydrogen) atoms. The third kappa shape index (κ3) is 5.00. The molecular formula is C20H20F3N5O. The fraction of sp³-hybridized carbons (Fsp3) is 0.250. The maximum Gasteiger partial charge on any atom is 0.225 e. The summed E-state index contributed by atoms with van der Waals surface area (Å²) in [4.78, 5) is 12.8. The molecule has 6 nitrogen and oxygen atoms in total. The molecule has 0 aliphatic rings. The molecular weight excluding hydrogens is 383 g/mol. The molecule has 0 saturated heterocycles. The van der Waals surface area contributed by atoms with Crippen molar-refractivity contribution in [3.8, 4) is 11.4 Å². The second-order valence-corrected chi connectivity index (χ2v) is 6.72. The van der Waals surface area contributed by atoms with Crippen LogP contribution in [0, 0.1) is 23.4 Å². The molecule has 0 radical (unpaired) electrons. The average Bonchev–Trinajstić information content (AvgIpc) is 2.69. The highest BCUT2D eigenvalue weighted by Crippen LogP contribution is 2.27. The minimum atomic E-state index is -1.09. The highest BCUT2D eigenvalue weighted by atomic mass is 19.1. The molecule has 152 valence electrons. The van der Waals surface area contributed by atoms with Crippen LogP contribution in [0.3, 0.4) is 0 Å². The van der Waals surface area contributed by atoms with Crippen LogP contribution in [0.1, 0.15) is 13.8 Å². The van der Waals surface area contributed by atoms with Crippen LogP contribution in [0.25, 0.3) is 11.4 Å². The van der Waals surface area contributed by atoms with Gasteiger partial charge in [-0.3, -0.25) is 4.98 Å². The van der Waals surface area contributed by atoms with Gasteiger partial charge in [0.25, 0.3) is 0 Å². The maximum atomic E-state index is 14.0. The Balaban J connectivity index is 2.03. The van der Waals surface area contributed by atoms with Crippen molar-refractivity contribution in [3.63, 3.8) is 0 Å². The van der Waals surface area contributed by atoms with E-state index in [0.717, 1.165) is 0 Å². The standard InChI is InChI=1S/C20H20F3N5O/c1-11(2)17(10-29)26-20-25-16(15-5-3-4-6-24-15)9-18(28-20)27-19-13(22)7-12(21)8-14(19)23/h3-9,11,17,29H,10H2,1-2H3,(H2,25,26,27,28)/t17-/m0/s1. The highest BCUT2D eigenvalue weighted by Gasteiger charge is 2.17. The summed E-state index contributed by atoms with van der Waals surface area (Å²) in [6.45, 7) is 3.68. The Morgan fingerprint density at radius 1 is 1.00 bits per heavy atom. The van der Waals surface area contributed by atoms with E-state index in [9.17, 15) is 18.3 Å². The van der Waals surface area contributed by atoms with E-state index < -0.39 is 23.1 Å². The fourth-order valence-corrected chi connectivity index (χ4v) is 2.60. The van der Waals surface area contributed by atoms with Crippen LogP contribution < -0.4 is 10.6 Å². The number of halogens is 3. The van der Waals surface area contributed by atoms with Crippen molar-refractivity contribution in [1.82, 2.24) is 15.0 Å². The molecule has 0 spiro atoms. The molecule has 3 aromatic rings. The zero-order valence-corrected chi connectivity index (χ0v) is 15.8. The van der Waals surface area contributed by atoms with Gasteiger partial charge in [0.2, 0.25) is 5.95 Å². The summed E-state index contributed by atoms with van der Waals surface area (Å²) in [5, 5.41) is 15.1. The van der Waals surface area contributed by atoms with Crippen molar-refractivity contribution in [2.45, 2.75) is 19.9 Å². The Morgan fingerprint density at radius 2 is 1.72 bits per heavy atom. The van der Waals surface area contributed by atoms with Crippen LogP contribution in [-0.4, -0.2) is 32.7 Å². The predicted molar refractivity (Wildman–Crippen MR) is 104 cm³/mol. The van der Waals surface area contributed by atoms with Gasteiger partial charge < -0.3 is 15.7 Å². The Bertz CT molecular complexity index is 962. The van der Waals surface area contributed by atoms with Crippen molar-refractivity contribution in [2.24, 2.45) is 5.92 Å². The van der Waals surface area contributed by atoms with E-state index in [4.69, 9.17) is 0 Å². The minimum absolute atomic E-state index is 0.0745. The number of hydrogen-bond acceptors (Lipinski definition) is 6. The second kappa shape index (κ2) is 8.87. The minimum Gasteiger partial charge on any atom is -0.394 e. The van der Waals surface area contributed by atoms with Crippen molar-refractivity contribution in [1.29, 1.82) is 0 Å². The second-order valence-electron chi connectivity index (χ2n) is 6.72. The summed E-state index contributed by atoms with van der Waals surface area (Å²) < 4.78 is 41.3. The molecule has 2 heterocycles. The van der Waals surface area contributed by atoms with Crippen molar-refractivity contribution >= 4 is 17.5 Å². The largest absolute Gasteiger partial charge is 0.394 e. The van der Waals surface area contributed by atoms with Crippen molar-refractivity contribution in [2.75, 3.05) is 17.2 Å². The van der Waals surface area contributed by atoms with Gasteiger partial charge in [0.15, 0.2) is 11.6 Å². The number of hydrogen-bond donors (Lipinski definition) is 3. The number of aliphatic hydroxyl groups excluding tert-OH is 1. The lowest BCUT2D eigenvalue weighted by molar-refractivity contribution is 0.248. The first kappa shape index (κ1) is 20.5. The maximum absolute atomic E-state index is 14.0. The summed E-state index contributed by atoms with van der Waals surface area (Å²) >= 11 is 0. The number of rotatable bonds is 7. The van der Waals surface area contributed by atoms with Crippen LogP contribution in [0.4, 0.5) is 30.6 Å². The highest BCUT2D eigenvalue weighted by molar-refractivity contribution is 5.65. The molecule has 1 aromatic carbocycles. The van der Waals surface area contributed by atoms with Gasteiger partial charge in [-0.15, -0.1) is 0 Å². The zero-order chi connectivity index (χ0) is 21.0. The first-order chi connectivity index (χ1) is 13.9. The van der Waals surface area contributed by atoms with Crippen molar-refractivity contribution < 1.29 is 18.3 Å². The third-order valence-electron chi connectivity index (χ3n) is 4.23. The van der Waals surface area contributed by atoms with Crippen LogP contribution in [0.2, 0.25) is 0 Å². The lowest BCUT2D eigenvalue weighted by atomic mass is 10.1. The number of nitrogens with zero attached hydrogens (tertiary/aromatic N) is 3. The quantitative estimate of drug-likeness (QED) is 0.550. The molecule has 1 atom stereocenters. The molecule has 0 amide bonds. The van der Waals surface area contributed by atoms with Crippen LogP contribution >= 0.6 is 0 Å². The number of anilines is 3. The van der Waals surface area contributed by atoms with E-state index >= 15 is 0 Å². The zero-order valence-electron chi connectivity index (χ0n) is 15.8. The van der Waals surface area contributed by atoms with Gasteiger partial charge in [0.05, 0.1) is 24.0 Å². The Labute approximate surface area is 165 Å². The number of aromatic nitrogens is 3. The Hall–Kier alpha value is -3.20. The Kier molecular flexibility index (Phi) is 6.28. The van der Waals surface area contributed by atoms with E-state index in [1.54, 1.807) is 24.4 Å².